The molecule has 156 valence electrons. The van der Waals surface area contributed by atoms with Crippen molar-refractivity contribution in [1.29, 1.82) is 0 Å². The molecule has 4 rings (SSSR count). The second-order valence-corrected chi connectivity index (χ2v) is 7.36. The van der Waals surface area contributed by atoms with Crippen molar-refractivity contribution in [2.45, 2.75) is 6.42 Å². The molecule has 1 fully saturated rings. The van der Waals surface area contributed by atoms with Crippen LogP contribution in [0.3, 0.4) is 0 Å². The van der Waals surface area contributed by atoms with Gasteiger partial charge in [-0.15, -0.1) is 0 Å². The van der Waals surface area contributed by atoms with Crippen LogP contribution in [0.5, 0.6) is 11.5 Å². The fraction of sp³-hybridized carbons (Fsp3) is 0.318. The van der Waals surface area contributed by atoms with Gasteiger partial charge in [0.15, 0.2) is 5.78 Å². The molecule has 0 unspecified atom stereocenters. The number of fused-ring (bicyclic) bond motifs is 2. The molecule has 1 saturated heterocycles. The molecule has 0 spiro atoms. The lowest BCUT2D eigenvalue weighted by molar-refractivity contribution is 0.0485. The Hall–Kier alpha value is -3.23. The van der Waals surface area contributed by atoms with Gasteiger partial charge in [-0.05, 0) is 24.6 Å². The van der Waals surface area contributed by atoms with Crippen LogP contribution in [-0.4, -0.2) is 72.0 Å². The fourth-order valence-corrected chi connectivity index (χ4v) is 3.87. The summed E-state index contributed by atoms with van der Waals surface area (Å²) >= 11 is 0. The zero-order chi connectivity index (χ0) is 21.3. The maximum Gasteiger partial charge on any atom is 0.338 e. The maximum absolute atomic E-state index is 12.8. The molecule has 0 saturated carbocycles. The highest BCUT2D eigenvalue weighted by atomic mass is 16.5. The highest BCUT2D eigenvalue weighted by Crippen LogP contribution is 2.37. The third kappa shape index (κ3) is 3.67. The smallest absolute Gasteiger partial charge is 0.338 e. The van der Waals surface area contributed by atoms with Crippen molar-refractivity contribution in [3.8, 4) is 11.5 Å². The van der Waals surface area contributed by atoms with Crippen molar-refractivity contribution < 1.29 is 29.3 Å². The quantitative estimate of drug-likeness (QED) is 0.426. The molecule has 3 N–H and O–H groups in total. The number of nitrogens with zero attached hydrogens (tertiary/aromatic N) is 1. The van der Waals surface area contributed by atoms with Crippen LogP contribution in [0.1, 0.15) is 48.6 Å². The summed E-state index contributed by atoms with van der Waals surface area (Å²) in [5.41, 5.74) is -0.407. The van der Waals surface area contributed by atoms with Crippen LogP contribution in [0.25, 0.3) is 0 Å². The Morgan fingerprint density at radius 2 is 1.73 bits per heavy atom. The van der Waals surface area contributed by atoms with Gasteiger partial charge in [-0.1, -0.05) is 12.1 Å². The van der Waals surface area contributed by atoms with Crippen molar-refractivity contribution in [1.82, 2.24) is 10.2 Å². The normalized spacial score (nSPS) is 16.1. The number of ketones is 2. The second-order valence-electron chi connectivity index (χ2n) is 7.36. The molecule has 1 heterocycles. The SMILES string of the molecule is O=C(OCCCN1CCNCC1)c1cc(O)c2c(c1)C(=O)c1cccc(O)c1C2=O. The van der Waals surface area contributed by atoms with Crippen LogP contribution in [0.4, 0.5) is 0 Å². The molecule has 8 nitrogen and oxygen atoms in total. The molecular formula is C22H22N2O6. The minimum absolute atomic E-state index is 0.00169. The van der Waals surface area contributed by atoms with Crippen molar-refractivity contribution in [3.05, 3.63) is 58.1 Å². The summed E-state index contributed by atoms with van der Waals surface area (Å²) in [6.45, 7) is 4.84. The van der Waals surface area contributed by atoms with E-state index < -0.39 is 23.3 Å². The first kappa shape index (κ1) is 20.1. The minimum Gasteiger partial charge on any atom is -0.507 e. The Morgan fingerprint density at radius 1 is 1.00 bits per heavy atom. The van der Waals surface area contributed by atoms with Gasteiger partial charge in [0.2, 0.25) is 5.78 Å². The van der Waals surface area contributed by atoms with Crippen LogP contribution in [0, 0.1) is 0 Å². The van der Waals surface area contributed by atoms with Crippen LogP contribution >= 0.6 is 0 Å². The monoisotopic (exact) mass is 410 g/mol. The lowest BCUT2D eigenvalue weighted by atomic mass is 9.82. The van der Waals surface area contributed by atoms with Gasteiger partial charge in [0.05, 0.1) is 23.3 Å². The zero-order valence-electron chi connectivity index (χ0n) is 16.3. The zero-order valence-corrected chi connectivity index (χ0v) is 16.3. The van der Waals surface area contributed by atoms with Gasteiger partial charge >= 0.3 is 5.97 Å². The van der Waals surface area contributed by atoms with Crippen LogP contribution in [0.2, 0.25) is 0 Å². The van der Waals surface area contributed by atoms with E-state index in [1.54, 1.807) is 0 Å². The Morgan fingerprint density at radius 3 is 2.50 bits per heavy atom. The van der Waals surface area contributed by atoms with Crippen LogP contribution in [-0.2, 0) is 4.74 Å². The molecule has 8 heteroatoms. The fourth-order valence-electron chi connectivity index (χ4n) is 3.87. The van der Waals surface area contributed by atoms with E-state index in [0.29, 0.717) is 6.42 Å². The number of phenols is 2. The van der Waals surface area contributed by atoms with Gasteiger partial charge in [-0.3, -0.25) is 9.59 Å². The number of piperazine rings is 1. The summed E-state index contributed by atoms with van der Waals surface area (Å²) in [7, 11) is 0. The van der Waals surface area contributed by atoms with Gasteiger partial charge in [-0.2, -0.15) is 0 Å². The van der Waals surface area contributed by atoms with E-state index in [1.165, 1.54) is 24.3 Å². The summed E-state index contributed by atoms with van der Waals surface area (Å²) < 4.78 is 5.29. The summed E-state index contributed by atoms with van der Waals surface area (Å²) in [5, 5.41) is 23.6. The van der Waals surface area contributed by atoms with Crippen molar-refractivity contribution in [2.24, 2.45) is 0 Å². The average Bonchev–Trinajstić information content (AvgIpc) is 2.75. The Bertz CT molecular complexity index is 1030. The van der Waals surface area contributed by atoms with Crippen LogP contribution < -0.4 is 5.32 Å². The molecule has 0 bridgehead atoms. The lowest BCUT2D eigenvalue weighted by Gasteiger charge is -2.26. The number of hydrogen-bond acceptors (Lipinski definition) is 8. The summed E-state index contributed by atoms with van der Waals surface area (Å²) in [4.78, 5) is 40.3. The molecule has 0 atom stereocenters. The molecule has 2 aromatic carbocycles. The number of benzene rings is 2. The number of carbonyl (C=O) groups is 3. The van der Waals surface area contributed by atoms with E-state index >= 15 is 0 Å². The predicted octanol–water partition coefficient (Wildman–Crippen LogP) is 1.33. The standard InChI is InChI=1S/C22H22N2O6/c25-16-4-1-3-14-18(16)21(28)19-15(20(14)27)11-13(12-17(19)26)22(29)30-10-2-7-24-8-5-23-6-9-24/h1,3-4,11-12,23,25-26H,2,5-10H2. The summed E-state index contributed by atoms with van der Waals surface area (Å²) in [6, 6.07) is 6.57. The van der Waals surface area contributed by atoms with Crippen molar-refractivity contribution in [2.75, 3.05) is 39.3 Å². The van der Waals surface area contributed by atoms with E-state index in [-0.39, 0.29) is 40.2 Å². The number of carbonyl (C=O) groups excluding carboxylic acids is 3. The van der Waals surface area contributed by atoms with Gasteiger partial charge in [0.1, 0.15) is 11.5 Å². The highest BCUT2D eigenvalue weighted by Gasteiger charge is 2.35. The van der Waals surface area contributed by atoms with Crippen LogP contribution in [0.15, 0.2) is 30.3 Å². The first-order valence-corrected chi connectivity index (χ1v) is 9.86. The number of rotatable bonds is 5. The van der Waals surface area contributed by atoms with E-state index in [1.807, 2.05) is 0 Å². The van der Waals surface area contributed by atoms with E-state index in [4.69, 9.17) is 4.74 Å². The largest absolute Gasteiger partial charge is 0.507 e. The van der Waals surface area contributed by atoms with Gasteiger partial charge in [0, 0.05) is 43.9 Å². The molecule has 0 amide bonds. The Kier molecular flexibility index (Phi) is 5.52. The Balaban J connectivity index is 1.49. The number of aromatic hydroxyl groups is 2. The first-order chi connectivity index (χ1) is 14.5. The number of nitrogens with one attached hydrogen (secondary N) is 1. The number of ether oxygens (including phenoxy) is 1. The van der Waals surface area contributed by atoms with Crippen molar-refractivity contribution in [3.63, 3.8) is 0 Å². The third-order valence-corrected chi connectivity index (χ3v) is 5.40. The lowest BCUT2D eigenvalue weighted by Crippen LogP contribution is -2.43. The van der Waals surface area contributed by atoms with Gasteiger partial charge in [-0.25, -0.2) is 4.79 Å². The Labute approximate surface area is 173 Å². The first-order valence-electron chi connectivity index (χ1n) is 9.86. The number of esters is 1. The average molecular weight is 410 g/mol. The topological polar surface area (TPSA) is 116 Å². The third-order valence-electron chi connectivity index (χ3n) is 5.40. The molecular weight excluding hydrogens is 388 g/mol. The van der Waals surface area contributed by atoms with Gasteiger partial charge < -0.3 is 25.2 Å². The summed E-state index contributed by atoms with van der Waals surface area (Å²) in [6.07, 6.45) is 0.673. The predicted molar refractivity (Wildman–Crippen MR) is 107 cm³/mol. The molecule has 0 radical (unpaired) electrons. The second kappa shape index (κ2) is 8.25. The molecule has 1 aliphatic heterocycles. The van der Waals surface area contributed by atoms with E-state index in [2.05, 4.69) is 10.2 Å². The highest BCUT2D eigenvalue weighted by molar-refractivity contribution is 6.30. The minimum atomic E-state index is -0.671. The number of phenolic OH excluding ortho intramolecular Hbond substituents is 2. The molecule has 2 aromatic rings. The van der Waals surface area contributed by atoms with Gasteiger partial charge in [0.25, 0.3) is 0 Å². The maximum atomic E-state index is 12.8. The summed E-state index contributed by atoms with van der Waals surface area (Å²) in [5.74, 6) is -2.70. The molecule has 2 aliphatic rings. The number of hydrogen-bond donors (Lipinski definition) is 3. The molecule has 0 aromatic heterocycles. The van der Waals surface area contributed by atoms with E-state index in [9.17, 15) is 24.6 Å². The molecule has 1 aliphatic carbocycles. The molecule has 30 heavy (non-hydrogen) atoms. The van der Waals surface area contributed by atoms with Crippen molar-refractivity contribution >= 4 is 17.5 Å². The van der Waals surface area contributed by atoms with E-state index in [0.717, 1.165) is 38.8 Å².